The smallest absolute Gasteiger partial charge is 0.378 e. The normalized spacial score (nSPS) is 15.9. The molecule has 2 aliphatic carbocycles. The van der Waals surface area contributed by atoms with E-state index in [1.165, 1.54) is 24.3 Å². The zero-order chi connectivity index (χ0) is 29.2. The molecular formula is C24H21F6N3O4S2. The summed E-state index contributed by atoms with van der Waals surface area (Å²) < 4.78 is 124. The molecule has 39 heavy (non-hydrogen) atoms. The highest BCUT2D eigenvalue weighted by atomic mass is 32.2. The molecule has 0 saturated heterocycles. The van der Waals surface area contributed by atoms with E-state index in [2.05, 4.69) is 4.40 Å². The lowest BCUT2D eigenvalue weighted by Gasteiger charge is -2.23. The Morgan fingerprint density at radius 1 is 0.846 bits per heavy atom. The van der Waals surface area contributed by atoms with Gasteiger partial charge in [0.05, 0.1) is 0 Å². The van der Waals surface area contributed by atoms with Gasteiger partial charge in [0.15, 0.2) is 0 Å². The van der Waals surface area contributed by atoms with Gasteiger partial charge in [0, 0.05) is 44.3 Å². The van der Waals surface area contributed by atoms with Gasteiger partial charge in [-0.25, -0.2) is 4.31 Å². The van der Waals surface area contributed by atoms with Gasteiger partial charge in [-0.1, -0.05) is 48.6 Å². The first-order valence-corrected chi connectivity index (χ1v) is 13.7. The number of halogens is 6. The standard InChI is InChI=1S/C24H21F6N3O4S2/c1-32(2)19-8-10-20-17(6-4-3-5-13-31-38(34,35)23(25,26)27)7-9-21(20)22(16-19)18-11-14-33(15-12-18)39(36,37)24(28,29)30/h3-16,18H,1-2H3/b5-3+,6-4+,31-13+. The third-order valence-corrected chi connectivity index (χ3v) is 7.84. The van der Waals surface area contributed by atoms with Crippen molar-refractivity contribution in [3.63, 3.8) is 0 Å². The maximum absolute atomic E-state index is 12.9. The van der Waals surface area contributed by atoms with E-state index < -0.39 is 37.0 Å². The van der Waals surface area contributed by atoms with Crippen molar-refractivity contribution in [2.24, 2.45) is 4.40 Å². The van der Waals surface area contributed by atoms with Crippen LogP contribution in [0.5, 0.6) is 0 Å². The molecule has 0 saturated carbocycles. The fourth-order valence-electron chi connectivity index (χ4n) is 3.50. The van der Waals surface area contributed by atoms with Crippen molar-refractivity contribution in [3.05, 3.63) is 84.2 Å². The average Bonchev–Trinajstić information content (AvgIpc) is 3.11. The fourth-order valence-corrected chi connectivity index (χ4v) is 4.55. The predicted octanol–water partition coefficient (Wildman–Crippen LogP) is 5.62. The van der Waals surface area contributed by atoms with E-state index in [1.807, 2.05) is 23.1 Å². The summed E-state index contributed by atoms with van der Waals surface area (Å²) in [5.74, 6) is -0.566. The molecule has 0 spiro atoms. The van der Waals surface area contributed by atoms with E-state index in [4.69, 9.17) is 0 Å². The molecule has 0 fully saturated rings. The Morgan fingerprint density at radius 2 is 1.46 bits per heavy atom. The lowest BCUT2D eigenvalue weighted by Crippen LogP contribution is -2.35. The number of rotatable bonds is 7. The van der Waals surface area contributed by atoms with Gasteiger partial charge in [0.2, 0.25) is 0 Å². The van der Waals surface area contributed by atoms with Crippen LogP contribution in [0.2, 0.25) is 0 Å². The van der Waals surface area contributed by atoms with Gasteiger partial charge in [-0.3, -0.25) is 0 Å². The summed E-state index contributed by atoms with van der Waals surface area (Å²) in [4.78, 5) is 1.81. The van der Waals surface area contributed by atoms with E-state index in [9.17, 15) is 43.2 Å². The van der Waals surface area contributed by atoms with Gasteiger partial charge < -0.3 is 4.90 Å². The van der Waals surface area contributed by atoms with E-state index in [1.54, 1.807) is 32.3 Å². The molecule has 0 unspecified atom stereocenters. The molecular weight excluding hydrogens is 572 g/mol. The molecule has 1 heterocycles. The number of sulfonamides is 2. The Morgan fingerprint density at radius 3 is 2.03 bits per heavy atom. The summed E-state index contributed by atoms with van der Waals surface area (Å²) in [5.41, 5.74) is -7.40. The van der Waals surface area contributed by atoms with Crippen molar-refractivity contribution in [1.29, 1.82) is 0 Å². The number of anilines is 1. The minimum absolute atomic E-state index is 0.102. The van der Waals surface area contributed by atoms with Crippen LogP contribution in [-0.2, 0) is 20.0 Å². The van der Waals surface area contributed by atoms with E-state index in [0.29, 0.717) is 17.3 Å². The van der Waals surface area contributed by atoms with Crippen LogP contribution in [0.15, 0.2) is 77.5 Å². The maximum Gasteiger partial charge on any atom is 0.518 e. The van der Waals surface area contributed by atoms with Crippen LogP contribution in [0.4, 0.5) is 32.0 Å². The average molecular weight is 594 g/mol. The van der Waals surface area contributed by atoms with Gasteiger partial charge in [-0.15, -0.1) is 0 Å². The summed E-state index contributed by atoms with van der Waals surface area (Å²) in [6, 6.07) is 8.95. The largest absolute Gasteiger partial charge is 0.518 e. The first-order valence-electron chi connectivity index (χ1n) is 10.9. The monoisotopic (exact) mass is 593 g/mol. The molecule has 15 heteroatoms. The summed E-state index contributed by atoms with van der Waals surface area (Å²) in [6.45, 7) is 0. The van der Waals surface area contributed by atoms with Crippen LogP contribution >= 0.6 is 0 Å². The summed E-state index contributed by atoms with van der Waals surface area (Å²) in [7, 11) is -7.61. The second kappa shape index (κ2) is 10.9. The van der Waals surface area contributed by atoms with Gasteiger partial charge in [0.1, 0.15) is 0 Å². The molecule has 7 nitrogen and oxygen atoms in total. The van der Waals surface area contributed by atoms with Crippen molar-refractivity contribution >= 4 is 38.0 Å². The molecule has 0 radical (unpaired) electrons. The van der Waals surface area contributed by atoms with Crippen LogP contribution in [0, 0.1) is 0 Å². The fraction of sp³-hybridized carbons (Fsp3) is 0.208. The van der Waals surface area contributed by atoms with Crippen molar-refractivity contribution in [3.8, 4) is 11.1 Å². The van der Waals surface area contributed by atoms with Crippen LogP contribution in [0.1, 0.15) is 17.0 Å². The Balaban J connectivity index is 1.91. The number of hydrogen-bond donors (Lipinski definition) is 0. The van der Waals surface area contributed by atoms with E-state index in [0.717, 1.165) is 35.3 Å². The third-order valence-electron chi connectivity index (χ3n) is 5.47. The SMILES string of the molecule is CN(C)c1ccc2c(/C=C/C=C/C=N/S(=O)(=O)C(F)(F)F)ccc-2c(C2C=CN(S(=O)(=O)C(F)(F)F)C=C2)c1. The topological polar surface area (TPSA) is 87.1 Å². The molecule has 0 atom stereocenters. The molecule has 0 N–H and O–H groups in total. The number of allylic oxidation sites excluding steroid dienone is 5. The number of hydrogen-bond acceptors (Lipinski definition) is 5. The van der Waals surface area contributed by atoms with Gasteiger partial charge >= 0.3 is 31.1 Å². The first kappa shape index (κ1) is 30.0. The minimum atomic E-state index is -5.62. The van der Waals surface area contributed by atoms with Crippen molar-refractivity contribution in [2.45, 2.75) is 16.9 Å². The van der Waals surface area contributed by atoms with E-state index in [-0.39, 0.29) is 4.31 Å². The lowest BCUT2D eigenvalue weighted by atomic mass is 9.92. The highest BCUT2D eigenvalue weighted by Crippen LogP contribution is 2.39. The number of fused-ring (bicyclic) bond motifs is 1. The molecule has 0 aromatic carbocycles. The predicted molar refractivity (Wildman–Crippen MR) is 137 cm³/mol. The minimum Gasteiger partial charge on any atom is -0.378 e. The van der Waals surface area contributed by atoms with E-state index >= 15 is 0 Å². The van der Waals surface area contributed by atoms with Crippen LogP contribution in [0.25, 0.3) is 17.2 Å². The highest BCUT2D eigenvalue weighted by molar-refractivity contribution is 7.91. The Hall–Kier alpha value is -3.59. The molecule has 0 amide bonds. The molecule has 3 aliphatic rings. The van der Waals surface area contributed by atoms with Crippen LogP contribution in [0.3, 0.4) is 0 Å². The quantitative estimate of drug-likeness (QED) is 0.236. The summed E-state index contributed by atoms with van der Waals surface area (Å²) in [6.07, 6.45) is 10.2. The number of alkyl halides is 6. The second-order valence-corrected chi connectivity index (χ2v) is 11.7. The molecule has 3 rings (SSSR count). The molecule has 1 aliphatic heterocycles. The van der Waals surface area contributed by atoms with Crippen LogP contribution in [-0.4, -0.2) is 52.5 Å². The van der Waals surface area contributed by atoms with Crippen molar-refractivity contribution < 1.29 is 43.2 Å². The zero-order valence-corrected chi connectivity index (χ0v) is 21.9. The Bertz CT molecular complexity index is 1540. The summed E-state index contributed by atoms with van der Waals surface area (Å²) in [5, 5.41) is 0. The molecule has 0 aromatic heterocycles. The highest BCUT2D eigenvalue weighted by Gasteiger charge is 2.49. The zero-order valence-electron chi connectivity index (χ0n) is 20.2. The molecule has 0 aromatic rings. The third kappa shape index (κ3) is 6.53. The molecule has 0 bridgehead atoms. The van der Waals surface area contributed by atoms with Gasteiger partial charge in [-0.2, -0.15) is 47.6 Å². The molecule has 210 valence electrons. The van der Waals surface area contributed by atoms with Crippen molar-refractivity contribution in [1.82, 2.24) is 4.31 Å². The number of nitrogens with zero attached hydrogens (tertiary/aromatic N) is 3. The Labute approximate surface area is 221 Å². The Kier molecular flexibility index (Phi) is 8.36. The van der Waals surface area contributed by atoms with Gasteiger partial charge in [0.25, 0.3) is 0 Å². The summed E-state index contributed by atoms with van der Waals surface area (Å²) >= 11 is 0. The van der Waals surface area contributed by atoms with Gasteiger partial charge in [-0.05, 0) is 40.5 Å². The maximum atomic E-state index is 12.9. The van der Waals surface area contributed by atoms with Crippen LogP contribution < -0.4 is 4.90 Å². The second-order valence-electron chi connectivity index (χ2n) is 8.28. The lowest BCUT2D eigenvalue weighted by molar-refractivity contribution is -0.0469. The van der Waals surface area contributed by atoms with Crippen molar-refractivity contribution in [2.75, 3.05) is 19.0 Å². The first-order chi connectivity index (χ1) is 18.0.